The Balaban J connectivity index is 1.76. The second kappa shape index (κ2) is 7.23. The Kier molecular flexibility index (Phi) is 4.85. The van der Waals surface area contributed by atoms with Crippen LogP contribution in [-0.2, 0) is 4.74 Å². The molecule has 0 atom stereocenters. The zero-order valence-corrected chi connectivity index (χ0v) is 14.5. The highest BCUT2D eigenvalue weighted by Gasteiger charge is 2.14. The molecule has 0 aliphatic heterocycles. The molecule has 2 aromatic heterocycles. The van der Waals surface area contributed by atoms with E-state index in [4.69, 9.17) is 0 Å². The molecule has 0 aliphatic rings. The zero-order chi connectivity index (χ0) is 17.8. The Hall–Kier alpha value is -3.06. The van der Waals surface area contributed by atoms with Crippen molar-refractivity contribution in [2.24, 2.45) is 0 Å². The fraction of sp³-hybridized carbons (Fsp3) is 0.111. The number of nitrogens with zero attached hydrogens (tertiary/aromatic N) is 2. The van der Waals surface area contributed by atoms with Crippen molar-refractivity contribution < 1.29 is 14.3 Å². The van der Waals surface area contributed by atoms with E-state index in [1.54, 1.807) is 6.07 Å². The molecule has 0 saturated carbocycles. The first-order chi connectivity index (χ1) is 12.1. The summed E-state index contributed by atoms with van der Waals surface area (Å²) in [5, 5.41) is 5.04. The van der Waals surface area contributed by atoms with Gasteiger partial charge in [-0.1, -0.05) is 35.9 Å². The fourth-order valence-electron chi connectivity index (χ4n) is 2.13. The minimum Gasteiger partial charge on any atom is -0.464 e. The quantitative estimate of drug-likeness (QED) is 0.726. The van der Waals surface area contributed by atoms with Crippen LogP contribution in [0.5, 0.6) is 0 Å². The molecule has 0 saturated heterocycles. The van der Waals surface area contributed by atoms with E-state index in [-0.39, 0.29) is 11.4 Å². The van der Waals surface area contributed by atoms with Gasteiger partial charge in [0.1, 0.15) is 11.4 Å². The first-order valence-corrected chi connectivity index (χ1v) is 8.34. The summed E-state index contributed by atoms with van der Waals surface area (Å²) in [7, 11) is 1.26. The van der Waals surface area contributed by atoms with Gasteiger partial charge in [-0.05, 0) is 19.1 Å². The normalized spacial score (nSPS) is 10.3. The second-order valence-corrected chi connectivity index (χ2v) is 6.12. The highest BCUT2D eigenvalue weighted by molar-refractivity contribution is 7.14. The van der Waals surface area contributed by atoms with Crippen LogP contribution in [-0.4, -0.2) is 29.0 Å². The lowest BCUT2D eigenvalue weighted by Gasteiger charge is -2.03. The van der Waals surface area contributed by atoms with Crippen LogP contribution in [0.3, 0.4) is 0 Å². The van der Waals surface area contributed by atoms with Gasteiger partial charge in [0.2, 0.25) is 0 Å². The van der Waals surface area contributed by atoms with Gasteiger partial charge >= 0.3 is 5.97 Å². The summed E-state index contributed by atoms with van der Waals surface area (Å²) < 4.78 is 4.61. The lowest BCUT2D eigenvalue weighted by atomic mass is 10.1. The molecule has 0 aliphatic carbocycles. The van der Waals surface area contributed by atoms with Crippen LogP contribution in [0.4, 0.5) is 5.13 Å². The van der Waals surface area contributed by atoms with E-state index in [1.807, 2.05) is 36.6 Å². The standard InChI is InChI=1S/C18H15N3O3S/c1-11-6-8-12(9-7-11)15-10-25-18(20-15)21-16(22)13-4-3-5-14(19-13)17(23)24-2/h3-10H,1-2H3,(H,20,21,22). The van der Waals surface area contributed by atoms with Crippen molar-refractivity contribution in [2.75, 3.05) is 12.4 Å². The van der Waals surface area contributed by atoms with Crippen LogP contribution in [0.25, 0.3) is 11.3 Å². The Morgan fingerprint density at radius 1 is 1.04 bits per heavy atom. The maximum atomic E-state index is 12.3. The van der Waals surface area contributed by atoms with Crippen molar-refractivity contribution in [3.63, 3.8) is 0 Å². The van der Waals surface area contributed by atoms with E-state index in [9.17, 15) is 9.59 Å². The third-order valence-corrected chi connectivity index (χ3v) is 4.21. The van der Waals surface area contributed by atoms with E-state index in [0.29, 0.717) is 5.13 Å². The molecule has 6 nitrogen and oxygen atoms in total. The molecule has 0 radical (unpaired) electrons. The number of aryl methyl sites for hydroxylation is 1. The number of amides is 1. The Morgan fingerprint density at radius 2 is 1.76 bits per heavy atom. The summed E-state index contributed by atoms with van der Waals surface area (Å²) in [5.74, 6) is -1.03. The molecule has 0 fully saturated rings. The number of benzene rings is 1. The van der Waals surface area contributed by atoms with Gasteiger partial charge in [-0.25, -0.2) is 14.8 Å². The Morgan fingerprint density at radius 3 is 2.48 bits per heavy atom. The highest BCUT2D eigenvalue weighted by atomic mass is 32.1. The lowest BCUT2D eigenvalue weighted by Crippen LogP contribution is -2.15. The van der Waals surface area contributed by atoms with Gasteiger partial charge in [0, 0.05) is 10.9 Å². The molecule has 0 spiro atoms. The number of rotatable bonds is 4. The molecular weight excluding hydrogens is 338 g/mol. The number of methoxy groups -OCH3 is 1. The number of thiazole rings is 1. The topological polar surface area (TPSA) is 81.2 Å². The first kappa shape index (κ1) is 16.8. The SMILES string of the molecule is COC(=O)c1cccc(C(=O)Nc2nc(-c3ccc(C)cc3)cs2)n1. The monoisotopic (exact) mass is 353 g/mol. The number of aromatic nitrogens is 2. The predicted molar refractivity (Wildman–Crippen MR) is 95.8 cm³/mol. The van der Waals surface area contributed by atoms with E-state index in [2.05, 4.69) is 20.0 Å². The molecule has 7 heteroatoms. The smallest absolute Gasteiger partial charge is 0.356 e. The minimum absolute atomic E-state index is 0.0784. The molecule has 0 unspecified atom stereocenters. The number of carbonyl (C=O) groups excluding carboxylic acids is 2. The summed E-state index contributed by atoms with van der Waals surface area (Å²) in [5.41, 5.74) is 3.14. The molecule has 25 heavy (non-hydrogen) atoms. The van der Waals surface area contributed by atoms with Crippen LogP contribution >= 0.6 is 11.3 Å². The molecule has 1 amide bonds. The number of carbonyl (C=O) groups is 2. The third-order valence-electron chi connectivity index (χ3n) is 3.45. The second-order valence-electron chi connectivity index (χ2n) is 5.26. The number of hydrogen-bond acceptors (Lipinski definition) is 6. The van der Waals surface area contributed by atoms with E-state index in [1.165, 1.54) is 36.1 Å². The Labute approximate surface area is 148 Å². The van der Waals surface area contributed by atoms with Crippen LogP contribution < -0.4 is 5.32 Å². The average molecular weight is 353 g/mol. The number of pyridine rings is 1. The molecule has 3 rings (SSSR count). The van der Waals surface area contributed by atoms with Gasteiger partial charge in [0.05, 0.1) is 12.8 Å². The van der Waals surface area contributed by atoms with Crippen molar-refractivity contribution >= 4 is 28.3 Å². The number of anilines is 1. The predicted octanol–water partition coefficient (Wildman–Crippen LogP) is 3.55. The van der Waals surface area contributed by atoms with Gasteiger partial charge < -0.3 is 4.74 Å². The van der Waals surface area contributed by atoms with Gasteiger partial charge in [0.25, 0.3) is 5.91 Å². The maximum Gasteiger partial charge on any atom is 0.356 e. The summed E-state index contributed by atoms with van der Waals surface area (Å²) >= 11 is 1.32. The molecule has 3 aromatic rings. The summed E-state index contributed by atoms with van der Waals surface area (Å²) in [6.07, 6.45) is 0. The minimum atomic E-state index is -0.592. The molecule has 2 heterocycles. The Bertz CT molecular complexity index is 919. The maximum absolute atomic E-state index is 12.3. The number of esters is 1. The largest absolute Gasteiger partial charge is 0.464 e. The van der Waals surface area contributed by atoms with E-state index in [0.717, 1.165) is 11.3 Å². The summed E-state index contributed by atoms with van der Waals surface area (Å²) in [4.78, 5) is 32.2. The van der Waals surface area contributed by atoms with Crippen LogP contribution in [0, 0.1) is 6.92 Å². The van der Waals surface area contributed by atoms with Gasteiger partial charge in [-0.2, -0.15) is 0 Å². The molecule has 1 aromatic carbocycles. The van der Waals surface area contributed by atoms with Gasteiger partial charge in [0.15, 0.2) is 5.13 Å². The van der Waals surface area contributed by atoms with E-state index < -0.39 is 11.9 Å². The first-order valence-electron chi connectivity index (χ1n) is 7.46. The number of ether oxygens (including phenoxy) is 1. The number of hydrogen-bond donors (Lipinski definition) is 1. The zero-order valence-electron chi connectivity index (χ0n) is 13.6. The van der Waals surface area contributed by atoms with Crippen molar-refractivity contribution in [2.45, 2.75) is 6.92 Å². The third kappa shape index (κ3) is 3.89. The van der Waals surface area contributed by atoms with Crippen molar-refractivity contribution in [1.29, 1.82) is 0 Å². The van der Waals surface area contributed by atoms with E-state index >= 15 is 0 Å². The summed E-state index contributed by atoms with van der Waals surface area (Å²) in [6.45, 7) is 2.02. The highest BCUT2D eigenvalue weighted by Crippen LogP contribution is 2.25. The van der Waals surface area contributed by atoms with Crippen molar-refractivity contribution in [1.82, 2.24) is 9.97 Å². The lowest BCUT2D eigenvalue weighted by molar-refractivity contribution is 0.0594. The van der Waals surface area contributed by atoms with Crippen LogP contribution in [0.2, 0.25) is 0 Å². The molecular formula is C18H15N3O3S. The molecule has 0 bridgehead atoms. The molecule has 1 N–H and O–H groups in total. The summed E-state index contributed by atoms with van der Waals surface area (Å²) in [6, 6.07) is 12.6. The fourth-order valence-corrected chi connectivity index (χ4v) is 2.84. The molecule has 126 valence electrons. The van der Waals surface area contributed by atoms with Crippen LogP contribution in [0.1, 0.15) is 26.5 Å². The van der Waals surface area contributed by atoms with Gasteiger partial charge in [-0.15, -0.1) is 11.3 Å². The van der Waals surface area contributed by atoms with Gasteiger partial charge in [-0.3, -0.25) is 10.1 Å². The van der Waals surface area contributed by atoms with Crippen LogP contribution in [0.15, 0.2) is 47.8 Å². The van der Waals surface area contributed by atoms with Crippen molar-refractivity contribution in [3.05, 3.63) is 64.8 Å². The average Bonchev–Trinajstić information content (AvgIpc) is 3.10. The van der Waals surface area contributed by atoms with Crippen molar-refractivity contribution in [3.8, 4) is 11.3 Å². The number of nitrogens with one attached hydrogen (secondary N) is 1.